The molecule has 24 heavy (non-hydrogen) atoms. The fraction of sp³-hybridized carbons (Fsp3) is 1.00. The van der Waals surface area contributed by atoms with Crippen LogP contribution in [-0.4, -0.2) is 48.8 Å². The number of aliphatic hydroxyl groups excluding tert-OH is 1. The van der Waals surface area contributed by atoms with Crippen LogP contribution in [0.2, 0.25) is 0 Å². The summed E-state index contributed by atoms with van der Waals surface area (Å²) in [6.07, 6.45) is 16.5. The van der Waals surface area contributed by atoms with Crippen molar-refractivity contribution in [3.63, 3.8) is 0 Å². The minimum absolute atomic E-state index is 0.234. The zero-order chi connectivity index (χ0) is 17.9. The molecule has 0 aliphatic rings. The number of nitrogens with zero attached hydrogens (tertiary/aromatic N) is 1. The minimum atomic E-state index is -0.234. The molecule has 3 heteroatoms. The summed E-state index contributed by atoms with van der Waals surface area (Å²) in [5.74, 6) is 0. The van der Waals surface area contributed by atoms with E-state index in [1.165, 1.54) is 77.0 Å². The van der Waals surface area contributed by atoms with Crippen LogP contribution in [0.15, 0.2) is 0 Å². The molecule has 0 saturated carbocycles. The number of aliphatic hydroxyl groups is 1. The van der Waals surface area contributed by atoms with Crippen molar-refractivity contribution in [1.29, 1.82) is 0 Å². The van der Waals surface area contributed by atoms with E-state index in [1.54, 1.807) is 0 Å². The van der Waals surface area contributed by atoms with Gasteiger partial charge in [-0.1, -0.05) is 91.4 Å². The quantitative estimate of drug-likeness (QED) is 0.325. The van der Waals surface area contributed by atoms with Crippen LogP contribution >= 0.6 is 0 Å². The third kappa shape index (κ3) is 16.7. The van der Waals surface area contributed by atoms with Crippen molar-refractivity contribution in [2.75, 3.05) is 32.7 Å². The van der Waals surface area contributed by atoms with Gasteiger partial charge in [0.05, 0.1) is 6.10 Å². The molecule has 0 radical (unpaired) electrons. The Balaban J connectivity index is 3.17. The minimum Gasteiger partial charge on any atom is -0.390 e. The molecule has 3 nitrogen and oxygen atoms in total. The summed E-state index contributed by atoms with van der Waals surface area (Å²) in [7, 11) is 0. The summed E-state index contributed by atoms with van der Waals surface area (Å²) in [5, 5.41) is 13.4. The first-order chi connectivity index (χ1) is 11.7. The van der Waals surface area contributed by atoms with Crippen molar-refractivity contribution >= 4 is 0 Å². The highest BCUT2D eigenvalue weighted by Gasteiger charge is 2.07. The third-order valence-corrected chi connectivity index (χ3v) is 4.95. The van der Waals surface area contributed by atoms with E-state index in [4.69, 9.17) is 0 Å². The lowest BCUT2D eigenvalue weighted by molar-refractivity contribution is 0.117. The van der Waals surface area contributed by atoms with E-state index in [1.807, 2.05) is 0 Å². The normalized spacial score (nSPS) is 12.9. The molecular formula is C21H46N2O. The van der Waals surface area contributed by atoms with Crippen molar-refractivity contribution in [2.24, 2.45) is 0 Å². The lowest BCUT2D eigenvalue weighted by atomic mass is 10.1. The van der Waals surface area contributed by atoms with Crippen LogP contribution in [0.5, 0.6) is 0 Å². The predicted molar refractivity (Wildman–Crippen MR) is 108 cm³/mol. The first-order valence-electron chi connectivity index (χ1n) is 10.9. The zero-order valence-corrected chi connectivity index (χ0v) is 17.0. The molecule has 0 spiro atoms. The fourth-order valence-corrected chi connectivity index (χ4v) is 3.20. The van der Waals surface area contributed by atoms with Gasteiger partial charge in [-0.2, -0.15) is 0 Å². The van der Waals surface area contributed by atoms with Gasteiger partial charge in [-0.15, -0.1) is 0 Å². The van der Waals surface area contributed by atoms with E-state index < -0.39 is 0 Å². The number of unbranched alkanes of at least 4 members (excludes halogenated alkanes) is 11. The summed E-state index contributed by atoms with van der Waals surface area (Å²) in [4.78, 5) is 2.27. The monoisotopic (exact) mass is 342 g/mol. The van der Waals surface area contributed by atoms with Gasteiger partial charge in [0, 0.05) is 13.1 Å². The van der Waals surface area contributed by atoms with Crippen LogP contribution < -0.4 is 5.32 Å². The maximum absolute atomic E-state index is 9.97. The van der Waals surface area contributed by atoms with Crippen molar-refractivity contribution < 1.29 is 5.11 Å². The number of likely N-dealkylation sites (N-methyl/N-ethyl adjacent to an activating group) is 1. The Morgan fingerprint density at radius 1 is 0.708 bits per heavy atom. The van der Waals surface area contributed by atoms with Gasteiger partial charge in [0.15, 0.2) is 0 Å². The second kappa shape index (κ2) is 19.2. The molecule has 0 aliphatic carbocycles. The van der Waals surface area contributed by atoms with Gasteiger partial charge in [-0.3, -0.25) is 0 Å². The molecule has 0 fully saturated rings. The zero-order valence-electron chi connectivity index (χ0n) is 17.0. The molecule has 0 bridgehead atoms. The molecule has 0 saturated heterocycles. The Labute approximate surface area is 152 Å². The summed E-state index contributed by atoms with van der Waals surface area (Å²) in [5.41, 5.74) is 0. The van der Waals surface area contributed by atoms with Gasteiger partial charge in [-0.25, -0.2) is 0 Å². The molecule has 2 N–H and O–H groups in total. The van der Waals surface area contributed by atoms with E-state index >= 15 is 0 Å². The predicted octanol–water partition coefficient (Wildman–Crippen LogP) is 4.98. The maximum atomic E-state index is 9.97. The van der Waals surface area contributed by atoms with Crippen molar-refractivity contribution in [1.82, 2.24) is 10.2 Å². The molecule has 0 aliphatic heterocycles. The van der Waals surface area contributed by atoms with Crippen LogP contribution in [0.3, 0.4) is 0 Å². The second-order valence-corrected chi connectivity index (χ2v) is 7.23. The van der Waals surface area contributed by atoms with Crippen molar-refractivity contribution in [2.45, 2.75) is 104 Å². The average Bonchev–Trinajstić information content (AvgIpc) is 2.60. The fourth-order valence-electron chi connectivity index (χ4n) is 3.20. The average molecular weight is 343 g/mol. The second-order valence-electron chi connectivity index (χ2n) is 7.23. The van der Waals surface area contributed by atoms with E-state index in [9.17, 15) is 5.11 Å². The molecule has 0 heterocycles. The molecule has 0 amide bonds. The number of hydrogen-bond donors (Lipinski definition) is 2. The van der Waals surface area contributed by atoms with Crippen LogP contribution in [0.1, 0.15) is 97.8 Å². The van der Waals surface area contributed by atoms with E-state index in [0.29, 0.717) is 0 Å². The SMILES string of the molecule is CCCCCCCCCCCCCCNCC(O)CN(CC)CC. The third-order valence-electron chi connectivity index (χ3n) is 4.95. The van der Waals surface area contributed by atoms with Crippen LogP contribution in [-0.2, 0) is 0 Å². The largest absolute Gasteiger partial charge is 0.390 e. The molecule has 146 valence electrons. The van der Waals surface area contributed by atoms with Crippen LogP contribution in [0.4, 0.5) is 0 Å². The van der Waals surface area contributed by atoms with Gasteiger partial charge in [0.25, 0.3) is 0 Å². The van der Waals surface area contributed by atoms with Gasteiger partial charge in [0.2, 0.25) is 0 Å². The van der Waals surface area contributed by atoms with Gasteiger partial charge >= 0.3 is 0 Å². The summed E-state index contributed by atoms with van der Waals surface area (Å²) in [6.45, 7) is 11.2. The van der Waals surface area contributed by atoms with Crippen molar-refractivity contribution in [3.8, 4) is 0 Å². The topological polar surface area (TPSA) is 35.5 Å². The Bertz CT molecular complexity index is 232. The van der Waals surface area contributed by atoms with E-state index in [-0.39, 0.29) is 6.10 Å². The molecule has 0 aromatic heterocycles. The molecule has 1 atom stereocenters. The Morgan fingerprint density at radius 3 is 1.62 bits per heavy atom. The Morgan fingerprint density at radius 2 is 1.17 bits per heavy atom. The molecule has 0 aromatic rings. The summed E-state index contributed by atoms with van der Waals surface area (Å²) >= 11 is 0. The first kappa shape index (κ1) is 23.9. The van der Waals surface area contributed by atoms with E-state index in [0.717, 1.165) is 32.7 Å². The molecule has 0 aromatic carbocycles. The van der Waals surface area contributed by atoms with Crippen LogP contribution in [0.25, 0.3) is 0 Å². The van der Waals surface area contributed by atoms with Gasteiger partial charge in [-0.05, 0) is 26.1 Å². The Hall–Kier alpha value is -0.120. The molecule has 0 rings (SSSR count). The molecule has 1 unspecified atom stereocenters. The van der Waals surface area contributed by atoms with Gasteiger partial charge in [0.1, 0.15) is 0 Å². The first-order valence-corrected chi connectivity index (χ1v) is 10.9. The summed E-state index contributed by atoms with van der Waals surface area (Å²) in [6, 6.07) is 0. The number of nitrogens with one attached hydrogen (secondary N) is 1. The number of hydrogen-bond acceptors (Lipinski definition) is 3. The van der Waals surface area contributed by atoms with Crippen molar-refractivity contribution in [3.05, 3.63) is 0 Å². The highest BCUT2D eigenvalue weighted by Crippen LogP contribution is 2.11. The Kier molecular flexibility index (Phi) is 19.1. The standard InChI is InChI=1S/C21H46N2O/c1-4-7-8-9-10-11-12-13-14-15-16-17-18-22-19-21(24)20-23(5-2)6-3/h21-22,24H,4-20H2,1-3H3. The van der Waals surface area contributed by atoms with Crippen LogP contribution in [0, 0.1) is 0 Å². The highest BCUT2D eigenvalue weighted by atomic mass is 16.3. The molecular weight excluding hydrogens is 296 g/mol. The maximum Gasteiger partial charge on any atom is 0.0791 e. The lowest BCUT2D eigenvalue weighted by Gasteiger charge is -2.22. The number of rotatable bonds is 19. The lowest BCUT2D eigenvalue weighted by Crippen LogP contribution is -2.38. The van der Waals surface area contributed by atoms with Gasteiger partial charge < -0.3 is 15.3 Å². The smallest absolute Gasteiger partial charge is 0.0791 e. The highest BCUT2D eigenvalue weighted by molar-refractivity contribution is 4.65. The van der Waals surface area contributed by atoms with E-state index in [2.05, 4.69) is 31.0 Å². The summed E-state index contributed by atoms with van der Waals surface area (Å²) < 4.78 is 0.